The zero-order valence-electron chi connectivity index (χ0n) is 13.5. The van der Waals surface area contributed by atoms with Crippen molar-refractivity contribution < 1.29 is 0 Å². The smallest absolute Gasteiger partial charge is 0.129 e. The summed E-state index contributed by atoms with van der Waals surface area (Å²) in [6.45, 7) is 9.75. The Morgan fingerprint density at radius 1 is 1.24 bits per heavy atom. The molecule has 0 spiro atoms. The highest BCUT2D eigenvalue weighted by Gasteiger charge is 2.22. The highest BCUT2D eigenvalue weighted by molar-refractivity contribution is 5.45. The second-order valence-corrected chi connectivity index (χ2v) is 7.33. The molecular formula is C18H27N3. The van der Waals surface area contributed by atoms with Gasteiger partial charge >= 0.3 is 0 Å². The van der Waals surface area contributed by atoms with Crippen LogP contribution in [0.25, 0.3) is 0 Å². The molecule has 1 N–H and O–H groups in total. The summed E-state index contributed by atoms with van der Waals surface area (Å²) in [7, 11) is 0. The topological polar surface area (TPSA) is 28.2 Å². The van der Waals surface area contributed by atoms with Crippen LogP contribution in [-0.4, -0.2) is 24.1 Å². The number of pyridine rings is 1. The van der Waals surface area contributed by atoms with Gasteiger partial charge in [0.1, 0.15) is 5.82 Å². The largest absolute Gasteiger partial charge is 0.353 e. The van der Waals surface area contributed by atoms with Gasteiger partial charge in [0, 0.05) is 36.8 Å². The molecule has 3 heteroatoms. The lowest BCUT2D eigenvalue weighted by Crippen LogP contribution is -2.29. The van der Waals surface area contributed by atoms with Gasteiger partial charge in [-0.15, -0.1) is 0 Å². The highest BCUT2D eigenvalue weighted by atomic mass is 15.2. The average Bonchev–Trinajstić information content (AvgIpc) is 3.29. The monoisotopic (exact) mass is 285 g/mol. The molecule has 3 rings (SSSR count). The van der Waals surface area contributed by atoms with Gasteiger partial charge in [-0.2, -0.15) is 0 Å². The van der Waals surface area contributed by atoms with Crippen molar-refractivity contribution in [3.8, 4) is 0 Å². The minimum Gasteiger partial charge on any atom is -0.353 e. The molecule has 21 heavy (non-hydrogen) atoms. The van der Waals surface area contributed by atoms with Gasteiger partial charge in [-0.25, -0.2) is 4.98 Å². The molecule has 114 valence electrons. The van der Waals surface area contributed by atoms with Crippen molar-refractivity contribution in [1.82, 2.24) is 10.3 Å². The third kappa shape index (κ3) is 3.85. The molecule has 0 bridgehead atoms. The van der Waals surface area contributed by atoms with Crippen LogP contribution in [-0.2, 0) is 12.0 Å². The molecule has 1 aromatic rings. The number of hydrogen-bond donors (Lipinski definition) is 1. The quantitative estimate of drug-likeness (QED) is 0.859. The van der Waals surface area contributed by atoms with Gasteiger partial charge in [-0.1, -0.05) is 32.9 Å². The van der Waals surface area contributed by atoms with Crippen LogP contribution in [0.3, 0.4) is 0 Å². The first kappa shape index (κ1) is 14.6. The van der Waals surface area contributed by atoms with Gasteiger partial charge in [0.05, 0.1) is 0 Å². The van der Waals surface area contributed by atoms with E-state index in [1.54, 1.807) is 0 Å². The summed E-state index contributed by atoms with van der Waals surface area (Å²) in [6.07, 6.45) is 8.30. The summed E-state index contributed by atoms with van der Waals surface area (Å²) in [5.41, 5.74) is 2.66. The molecule has 2 heterocycles. The Labute approximate surface area is 128 Å². The Balaban J connectivity index is 1.85. The first-order chi connectivity index (χ1) is 10.0. The van der Waals surface area contributed by atoms with Crippen molar-refractivity contribution in [2.45, 2.75) is 58.0 Å². The molecule has 0 amide bonds. The fraction of sp³-hybridized carbons (Fsp3) is 0.611. The maximum absolute atomic E-state index is 4.94. The van der Waals surface area contributed by atoms with E-state index >= 15 is 0 Å². The number of rotatable bonds is 4. The summed E-state index contributed by atoms with van der Waals surface area (Å²) in [4.78, 5) is 7.32. The number of aromatic nitrogens is 1. The molecule has 0 radical (unpaired) electrons. The number of nitrogens with zero attached hydrogens (tertiary/aromatic N) is 2. The predicted molar refractivity (Wildman–Crippen MR) is 88.8 cm³/mol. The highest BCUT2D eigenvalue weighted by Crippen LogP contribution is 2.26. The van der Waals surface area contributed by atoms with E-state index < -0.39 is 0 Å². The van der Waals surface area contributed by atoms with E-state index in [2.05, 4.69) is 55.3 Å². The SMILES string of the molecule is CC(C)(C)c1cc(CNC2CC2)cc(N2CC=CCC2)n1. The first-order valence-electron chi connectivity index (χ1n) is 8.17. The van der Waals surface area contributed by atoms with Gasteiger partial charge in [-0.05, 0) is 37.0 Å². The van der Waals surface area contributed by atoms with Crippen molar-refractivity contribution in [2.24, 2.45) is 0 Å². The summed E-state index contributed by atoms with van der Waals surface area (Å²) < 4.78 is 0. The molecule has 1 saturated carbocycles. The van der Waals surface area contributed by atoms with Gasteiger partial charge in [-0.3, -0.25) is 0 Å². The van der Waals surface area contributed by atoms with Crippen LogP contribution >= 0.6 is 0 Å². The Bertz CT molecular complexity index is 524. The lowest BCUT2D eigenvalue weighted by molar-refractivity contribution is 0.565. The molecule has 0 atom stereocenters. The fourth-order valence-corrected chi connectivity index (χ4v) is 2.62. The molecule has 1 aromatic heterocycles. The first-order valence-corrected chi connectivity index (χ1v) is 8.17. The molecule has 0 saturated heterocycles. The number of hydrogen-bond acceptors (Lipinski definition) is 3. The van der Waals surface area contributed by atoms with Gasteiger partial charge in [0.2, 0.25) is 0 Å². The van der Waals surface area contributed by atoms with E-state index in [4.69, 9.17) is 4.98 Å². The van der Waals surface area contributed by atoms with E-state index in [-0.39, 0.29) is 5.41 Å². The molecule has 0 aromatic carbocycles. The normalized spacial score (nSPS) is 19.1. The van der Waals surface area contributed by atoms with E-state index in [0.29, 0.717) is 0 Å². The van der Waals surface area contributed by atoms with Crippen molar-refractivity contribution in [3.63, 3.8) is 0 Å². The Kier molecular flexibility index (Phi) is 4.03. The molecule has 1 aliphatic heterocycles. The Hall–Kier alpha value is -1.35. The predicted octanol–water partition coefficient (Wildman–Crippen LogP) is 3.40. The minimum absolute atomic E-state index is 0.0932. The minimum atomic E-state index is 0.0932. The van der Waals surface area contributed by atoms with Gasteiger partial charge < -0.3 is 10.2 Å². The van der Waals surface area contributed by atoms with Crippen molar-refractivity contribution >= 4 is 5.82 Å². The Morgan fingerprint density at radius 2 is 2.05 bits per heavy atom. The zero-order valence-corrected chi connectivity index (χ0v) is 13.5. The van der Waals surface area contributed by atoms with Crippen LogP contribution in [0.1, 0.15) is 51.3 Å². The number of nitrogens with one attached hydrogen (secondary N) is 1. The summed E-state index contributed by atoms with van der Waals surface area (Å²) in [5, 5.41) is 3.62. The third-order valence-electron chi connectivity index (χ3n) is 4.19. The van der Waals surface area contributed by atoms with Crippen LogP contribution in [0.2, 0.25) is 0 Å². The maximum Gasteiger partial charge on any atom is 0.129 e. The number of anilines is 1. The average molecular weight is 285 g/mol. The van der Waals surface area contributed by atoms with Crippen LogP contribution in [0.4, 0.5) is 5.82 Å². The molecule has 1 fully saturated rings. The molecule has 3 nitrogen and oxygen atoms in total. The van der Waals surface area contributed by atoms with Crippen LogP contribution < -0.4 is 10.2 Å². The van der Waals surface area contributed by atoms with E-state index in [0.717, 1.165) is 37.9 Å². The van der Waals surface area contributed by atoms with Gasteiger partial charge in [0.25, 0.3) is 0 Å². The lowest BCUT2D eigenvalue weighted by Gasteiger charge is -2.27. The van der Waals surface area contributed by atoms with Crippen LogP contribution in [0, 0.1) is 0 Å². The molecule has 1 aliphatic carbocycles. The standard InChI is InChI=1S/C18H27N3/c1-18(2,3)16-11-14(13-19-15-7-8-15)12-17(20-16)21-9-5-4-6-10-21/h4-5,11-12,15,19H,6-10,13H2,1-3H3. The van der Waals surface area contributed by atoms with E-state index in [1.807, 2.05) is 0 Å². The summed E-state index contributed by atoms with van der Waals surface area (Å²) in [6, 6.07) is 5.29. The molecule has 2 aliphatic rings. The molecule has 0 unspecified atom stereocenters. The zero-order chi connectivity index (χ0) is 14.9. The fourth-order valence-electron chi connectivity index (χ4n) is 2.62. The lowest BCUT2D eigenvalue weighted by atomic mass is 9.90. The third-order valence-corrected chi connectivity index (χ3v) is 4.19. The maximum atomic E-state index is 4.94. The second-order valence-electron chi connectivity index (χ2n) is 7.33. The van der Waals surface area contributed by atoms with Gasteiger partial charge in [0.15, 0.2) is 0 Å². The van der Waals surface area contributed by atoms with Crippen molar-refractivity contribution in [1.29, 1.82) is 0 Å². The molecular weight excluding hydrogens is 258 g/mol. The van der Waals surface area contributed by atoms with Crippen LogP contribution in [0.5, 0.6) is 0 Å². The van der Waals surface area contributed by atoms with Crippen molar-refractivity contribution in [2.75, 3.05) is 18.0 Å². The van der Waals surface area contributed by atoms with Crippen molar-refractivity contribution in [3.05, 3.63) is 35.5 Å². The Morgan fingerprint density at radius 3 is 2.67 bits per heavy atom. The van der Waals surface area contributed by atoms with Crippen LogP contribution in [0.15, 0.2) is 24.3 Å². The van der Waals surface area contributed by atoms with E-state index in [9.17, 15) is 0 Å². The van der Waals surface area contributed by atoms with E-state index in [1.165, 1.54) is 24.1 Å². The summed E-state index contributed by atoms with van der Waals surface area (Å²) in [5.74, 6) is 1.14. The second kappa shape index (κ2) is 5.80. The summed E-state index contributed by atoms with van der Waals surface area (Å²) >= 11 is 0.